The SMILES string of the molecule is CC(C)CCC(CCl)(CCl)c1ccccc1. The van der Waals surface area contributed by atoms with E-state index < -0.39 is 0 Å². The zero-order valence-electron chi connectivity index (χ0n) is 10.0. The Kier molecular flexibility index (Phi) is 5.64. The Morgan fingerprint density at radius 1 is 1.06 bits per heavy atom. The topological polar surface area (TPSA) is 0 Å². The van der Waals surface area contributed by atoms with Gasteiger partial charge >= 0.3 is 0 Å². The molecule has 2 heteroatoms. The first kappa shape index (κ1) is 13.9. The van der Waals surface area contributed by atoms with Crippen LogP contribution in [0.3, 0.4) is 0 Å². The maximum Gasteiger partial charge on any atom is 0.0332 e. The van der Waals surface area contributed by atoms with Crippen molar-refractivity contribution in [2.75, 3.05) is 11.8 Å². The molecule has 1 rings (SSSR count). The fraction of sp³-hybridized carbons (Fsp3) is 0.571. The van der Waals surface area contributed by atoms with Gasteiger partial charge in [0.25, 0.3) is 0 Å². The molecule has 0 bridgehead atoms. The van der Waals surface area contributed by atoms with Gasteiger partial charge in [0.2, 0.25) is 0 Å². The smallest absolute Gasteiger partial charge is 0.0332 e. The summed E-state index contributed by atoms with van der Waals surface area (Å²) >= 11 is 12.3. The molecular weight excluding hydrogens is 239 g/mol. The molecule has 0 aliphatic heterocycles. The number of alkyl halides is 2. The van der Waals surface area contributed by atoms with Crippen LogP contribution in [0.2, 0.25) is 0 Å². The van der Waals surface area contributed by atoms with Gasteiger partial charge in [0.05, 0.1) is 0 Å². The molecule has 0 aromatic heterocycles. The quantitative estimate of drug-likeness (QED) is 0.641. The Balaban J connectivity index is 2.87. The minimum Gasteiger partial charge on any atom is -0.126 e. The van der Waals surface area contributed by atoms with E-state index in [1.54, 1.807) is 0 Å². The largest absolute Gasteiger partial charge is 0.126 e. The van der Waals surface area contributed by atoms with Gasteiger partial charge in [0, 0.05) is 17.2 Å². The van der Waals surface area contributed by atoms with Gasteiger partial charge < -0.3 is 0 Å². The van der Waals surface area contributed by atoms with Crippen molar-refractivity contribution in [3.63, 3.8) is 0 Å². The van der Waals surface area contributed by atoms with Crippen molar-refractivity contribution in [3.8, 4) is 0 Å². The third-order valence-electron chi connectivity index (χ3n) is 3.10. The number of rotatable bonds is 6. The molecule has 0 saturated heterocycles. The monoisotopic (exact) mass is 258 g/mol. The second kappa shape index (κ2) is 6.51. The second-order valence-corrected chi connectivity index (χ2v) is 5.38. The van der Waals surface area contributed by atoms with Crippen LogP contribution in [-0.4, -0.2) is 11.8 Å². The van der Waals surface area contributed by atoms with Crippen molar-refractivity contribution in [2.45, 2.75) is 32.1 Å². The van der Waals surface area contributed by atoms with Crippen LogP contribution in [0.1, 0.15) is 32.3 Å². The van der Waals surface area contributed by atoms with Crippen LogP contribution < -0.4 is 0 Å². The van der Waals surface area contributed by atoms with E-state index in [2.05, 4.69) is 38.1 Å². The lowest BCUT2D eigenvalue weighted by Gasteiger charge is -2.31. The minimum atomic E-state index is -0.0609. The molecule has 16 heavy (non-hydrogen) atoms. The van der Waals surface area contributed by atoms with Crippen molar-refractivity contribution in [3.05, 3.63) is 35.9 Å². The van der Waals surface area contributed by atoms with Gasteiger partial charge in [-0.05, 0) is 17.9 Å². The molecule has 0 spiro atoms. The highest BCUT2D eigenvalue weighted by Crippen LogP contribution is 2.33. The zero-order chi connectivity index (χ0) is 12.0. The van der Waals surface area contributed by atoms with E-state index in [-0.39, 0.29) is 5.41 Å². The summed E-state index contributed by atoms with van der Waals surface area (Å²) in [6, 6.07) is 10.4. The molecule has 1 aromatic rings. The molecule has 90 valence electrons. The third-order valence-corrected chi connectivity index (χ3v) is 4.12. The van der Waals surface area contributed by atoms with Gasteiger partial charge in [-0.25, -0.2) is 0 Å². The van der Waals surface area contributed by atoms with Crippen molar-refractivity contribution < 1.29 is 0 Å². The molecule has 0 heterocycles. The summed E-state index contributed by atoms with van der Waals surface area (Å²) in [7, 11) is 0. The standard InChI is InChI=1S/C14H20Cl2/c1-12(2)8-9-14(10-15,11-16)13-6-4-3-5-7-13/h3-7,12H,8-11H2,1-2H3. The van der Waals surface area contributed by atoms with E-state index in [0.717, 1.165) is 12.8 Å². The fourth-order valence-corrected chi connectivity index (χ4v) is 2.69. The minimum absolute atomic E-state index is 0.0609. The lowest BCUT2D eigenvalue weighted by molar-refractivity contribution is 0.423. The molecule has 0 aliphatic rings. The normalized spacial score (nSPS) is 12.1. The maximum atomic E-state index is 6.16. The summed E-state index contributed by atoms with van der Waals surface area (Å²) in [6.45, 7) is 4.47. The summed E-state index contributed by atoms with van der Waals surface area (Å²) in [6.07, 6.45) is 2.22. The first-order valence-corrected chi connectivity index (χ1v) is 6.89. The molecule has 0 radical (unpaired) electrons. The van der Waals surface area contributed by atoms with Gasteiger partial charge in [0.15, 0.2) is 0 Å². The molecule has 0 fully saturated rings. The van der Waals surface area contributed by atoms with E-state index >= 15 is 0 Å². The molecule has 1 aromatic carbocycles. The van der Waals surface area contributed by atoms with Gasteiger partial charge in [-0.3, -0.25) is 0 Å². The van der Waals surface area contributed by atoms with Crippen molar-refractivity contribution in [1.29, 1.82) is 0 Å². The molecule has 0 amide bonds. The summed E-state index contributed by atoms with van der Waals surface area (Å²) in [5, 5.41) is 0. The number of benzene rings is 1. The van der Waals surface area contributed by atoms with Crippen LogP contribution >= 0.6 is 23.2 Å². The third kappa shape index (κ3) is 3.40. The lowest BCUT2D eigenvalue weighted by atomic mass is 9.78. The van der Waals surface area contributed by atoms with Gasteiger partial charge in [-0.1, -0.05) is 50.6 Å². The number of hydrogen-bond acceptors (Lipinski definition) is 0. The van der Waals surface area contributed by atoms with Gasteiger partial charge in [-0.2, -0.15) is 0 Å². The van der Waals surface area contributed by atoms with Crippen molar-refractivity contribution >= 4 is 23.2 Å². The molecule has 0 unspecified atom stereocenters. The Bertz CT molecular complexity index is 289. The van der Waals surface area contributed by atoms with E-state index in [1.807, 2.05) is 6.07 Å². The lowest BCUT2D eigenvalue weighted by Crippen LogP contribution is -2.31. The van der Waals surface area contributed by atoms with Gasteiger partial charge in [-0.15, -0.1) is 23.2 Å². The predicted molar refractivity (Wildman–Crippen MR) is 73.6 cm³/mol. The molecule has 0 N–H and O–H groups in total. The average molecular weight is 259 g/mol. The zero-order valence-corrected chi connectivity index (χ0v) is 11.6. The summed E-state index contributed by atoms with van der Waals surface area (Å²) in [5.41, 5.74) is 1.20. The van der Waals surface area contributed by atoms with Crippen molar-refractivity contribution in [2.24, 2.45) is 5.92 Å². The van der Waals surface area contributed by atoms with E-state index in [4.69, 9.17) is 23.2 Å². The van der Waals surface area contributed by atoms with Crippen LogP contribution in [0, 0.1) is 5.92 Å². The Labute approximate surface area is 109 Å². The maximum absolute atomic E-state index is 6.16. The molecule has 0 saturated carbocycles. The van der Waals surface area contributed by atoms with Crippen LogP contribution in [-0.2, 0) is 5.41 Å². The summed E-state index contributed by atoms with van der Waals surface area (Å²) in [4.78, 5) is 0. The molecule has 0 aliphatic carbocycles. The summed E-state index contributed by atoms with van der Waals surface area (Å²) < 4.78 is 0. The van der Waals surface area contributed by atoms with Crippen LogP contribution in [0.15, 0.2) is 30.3 Å². The van der Waals surface area contributed by atoms with E-state index in [9.17, 15) is 0 Å². The van der Waals surface area contributed by atoms with Gasteiger partial charge in [0.1, 0.15) is 0 Å². The average Bonchev–Trinajstić information content (AvgIpc) is 2.32. The van der Waals surface area contributed by atoms with Crippen LogP contribution in [0.4, 0.5) is 0 Å². The highest BCUT2D eigenvalue weighted by atomic mass is 35.5. The highest BCUT2D eigenvalue weighted by molar-refractivity contribution is 6.22. The molecular formula is C14H20Cl2. The fourth-order valence-electron chi connectivity index (χ4n) is 1.82. The van der Waals surface area contributed by atoms with E-state index in [0.29, 0.717) is 17.7 Å². The van der Waals surface area contributed by atoms with E-state index in [1.165, 1.54) is 5.56 Å². The first-order chi connectivity index (χ1) is 7.64. The Morgan fingerprint density at radius 2 is 1.62 bits per heavy atom. The van der Waals surface area contributed by atoms with Crippen LogP contribution in [0.5, 0.6) is 0 Å². The second-order valence-electron chi connectivity index (χ2n) is 4.85. The van der Waals surface area contributed by atoms with Crippen LogP contribution in [0.25, 0.3) is 0 Å². The number of halogens is 2. The Morgan fingerprint density at radius 3 is 2.06 bits per heavy atom. The Hall–Kier alpha value is -0.200. The first-order valence-electron chi connectivity index (χ1n) is 5.82. The molecule has 0 atom stereocenters. The highest BCUT2D eigenvalue weighted by Gasteiger charge is 2.30. The van der Waals surface area contributed by atoms with Crippen molar-refractivity contribution in [1.82, 2.24) is 0 Å². The molecule has 0 nitrogen and oxygen atoms in total. The number of hydrogen-bond donors (Lipinski definition) is 0. The summed E-state index contributed by atoms with van der Waals surface area (Å²) in [5.74, 6) is 1.87. The predicted octanol–water partition coefficient (Wildman–Crippen LogP) is 4.84.